The summed E-state index contributed by atoms with van der Waals surface area (Å²) in [5.74, 6) is -0.316. The maximum Gasteiger partial charge on any atom is 0.144 e. The van der Waals surface area contributed by atoms with Crippen LogP contribution in [0.2, 0.25) is 5.02 Å². The van der Waals surface area contributed by atoms with Gasteiger partial charge in [0.2, 0.25) is 0 Å². The van der Waals surface area contributed by atoms with E-state index in [2.05, 4.69) is 13.8 Å². The lowest BCUT2D eigenvalue weighted by molar-refractivity contribution is 0.348. The molecule has 3 heteroatoms. The Bertz CT molecular complexity index is 351. The van der Waals surface area contributed by atoms with Crippen LogP contribution in [0.1, 0.15) is 31.4 Å². The van der Waals surface area contributed by atoms with Crippen molar-refractivity contribution >= 4 is 11.6 Å². The summed E-state index contributed by atoms with van der Waals surface area (Å²) in [4.78, 5) is 0. The van der Waals surface area contributed by atoms with Crippen molar-refractivity contribution in [3.05, 3.63) is 34.1 Å². The molecule has 0 radical (unpaired) electrons. The van der Waals surface area contributed by atoms with Crippen molar-refractivity contribution in [1.82, 2.24) is 0 Å². The zero-order valence-corrected chi connectivity index (χ0v) is 10.9. The van der Waals surface area contributed by atoms with Crippen LogP contribution in [0.15, 0.2) is 12.1 Å². The fraction of sp³-hybridized carbons (Fsp3) is 0.538. The van der Waals surface area contributed by atoms with Gasteiger partial charge in [0.25, 0.3) is 0 Å². The molecule has 0 unspecified atom stereocenters. The fourth-order valence-corrected chi connectivity index (χ4v) is 1.82. The summed E-state index contributed by atoms with van der Waals surface area (Å²) in [6.45, 7) is 6.65. The van der Waals surface area contributed by atoms with Gasteiger partial charge in [0, 0.05) is 0 Å². The second-order valence-electron chi connectivity index (χ2n) is 5.08. The molecule has 2 N–H and O–H groups in total. The summed E-state index contributed by atoms with van der Waals surface area (Å²) in [7, 11) is 0. The Morgan fingerprint density at radius 2 is 2.00 bits per heavy atom. The first-order chi connectivity index (χ1) is 7.35. The number of benzene rings is 1. The number of rotatable bonds is 4. The molecule has 0 aliphatic heterocycles. The summed E-state index contributed by atoms with van der Waals surface area (Å²) >= 11 is 5.80. The van der Waals surface area contributed by atoms with E-state index < -0.39 is 0 Å². The minimum Gasteiger partial charge on any atom is -0.330 e. The summed E-state index contributed by atoms with van der Waals surface area (Å²) in [5.41, 5.74) is 7.47. The Balaban J connectivity index is 2.76. The van der Waals surface area contributed by atoms with Gasteiger partial charge in [0.15, 0.2) is 0 Å². The maximum atomic E-state index is 13.3. The molecule has 1 nitrogen and oxygen atoms in total. The molecule has 0 aliphatic carbocycles. The molecule has 1 aromatic rings. The Hall–Kier alpha value is -0.600. The smallest absolute Gasteiger partial charge is 0.144 e. The van der Waals surface area contributed by atoms with Gasteiger partial charge in [-0.1, -0.05) is 31.5 Å². The van der Waals surface area contributed by atoms with Gasteiger partial charge in [-0.15, -0.1) is 0 Å². The highest BCUT2D eigenvalue weighted by Crippen LogP contribution is 2.25. The highest BCUT2D eigenvalue weighted by Gasteiger charge is 2.15. The van der Waals surface area contributed by atoms with E-state index in [1.807, 2.05) is 6.07 Å². The molecule has 90 valence electrons. The van der Waals surface area contributed by atoms with Crippen LogP contribution >= 0.6 is 11.6 Å². The molecule has 0 bridgehead atoms. The number of halogens is 2. The van der Waals surface area contributed by atoms with Crippen LogP contribution in [-0.2, 0) is 6.42 Å². The van der Waals surface area contributed by atoms with Gasteiger partial charge in [-0.2, -0.15) is 0 Å². The average Bonchev–Trinajstić information content (AvgIpc) is 2.23. The second-order valence-corrected chi connectivity index (χ2v) is 5.48. The molecule has 0 aromatic heterocycles. The maximum absolute atomic E-state index is 13.3. The van der Waals surface area contributed by atoms with Crippen LogP contribution in [-0.4, -0.2) is 6.54 Å². The third-order valence-electron chi connectivity index (χ3n) is 2.91. The minimum absolute atomic E-state index is 0.120. The zero-order valence-electron chi connectivity index (χ0n) is 10.1. The topological polar surface area (TPSA) is 26.0 Å². The van der Waals surface area contributed by atoms with Gasteiger partial charge in [0.05, 0.1) is 5.02 Å². The van der Waals surface area contributed by atoms with Crippen molar-refractivity contribution in [3.8, 4) is 0 Å². The Labute approximate surface area is 102 Å². The van der Waals surface area contributed by atoms with Gasteiger partial charge >= 0.3 is 0 Å². The van der Waals surface area contributed by atoms with Crippen molar-refractivity contribution in [3.63, 3.8) is 0 Å². The predicted octanol–water partition coefficient (Wildman–Crippen LogP) is 3.71. The molecule has 0 saturated carbocycles. The number of hydrogen-bond acceptors (Lipinski definition) is 1. The summed E-state index contributed by atoms with van der Waals surface area (Å²) < 4.78 is 13.3. The first-order valence-corrected chi connectivity index (χ1v) is 5.88. The molecular formula is C13H19ClFN. The van der Waals surface area contributed by atoms with E-state index in [0.717, 1.165) is 18.4 Å². The van der Waals surface area contributed by atoms with Crippen LogP contribution in [0.4, 0.5) is 4.39 Å². The molecule has 0 aliphatic rings. The first kappa shape index (κ1) is 13.5. The zero-order chi connectivity index (χ0) is 12.3. The minimum atomic E-state index is -0.316. The predicted molar refractivity (Wildman–Crippen MR) is 67.3 cm³/mol. The SMILES string of the molecule is Cc1cc(CCC(C)(C)CN)cc(Cl)c1F. The molecule has 0 heterocycles. The molecule has 0 amide bonds. The second kappa shape index (κ2) is 5.15. The van der Waals surface area contributed by atoms with E-state index in [0.29, 0.717) is 12.1 Å². The fourth-order valence-electron chi connectivity index (χ4n) is 1.53. The van der Waals surface area contributed by atoms with E-state index in [-0.39, 0.29) is 16.3 Å². The largest absolute Gasteiger partial charge is 0.330 e. The molecule has 1 rings (SSSR count). The number of aryl methyl sites for hydroxylation is 2. The van der Waals surface area contributed by atoms with E-state index in [1.165, 1.54) is 0 Å². The quantitative estimate of drug-likeness (QED) is 0.857. The monoisotopic (exact) mass is 243 g/mol. The standard InChI is InChI=1S/C13H19ClFN/c1-9-6-10(7-11(14)12(9)15)4-5-13(2,3)8-16/h6-7H,4-5,8,16H2,1-3H3. The van der Waals surface area contributed by atoms with Crippen molar-refractivity contribution < 1.29 is 4.39 Å². The summed E-state index contributed by atoms with van der Waals surface area (Å²) in [5, 5.41) is 0.209. The third-order valence-corrected chi connectivity index (χ3v) is 3.19. The summed E-state index contributed by atoms with van der Waals surface area (Å²) in [6.07, 6.45) is 1.86. The molecular weight excluding hydrogens is 225 g/mol. The van der Waals surface area contributed by atoms with Gasteiger partial charge in [-0.3, -0.25) is 0 Å². The van der Waals surface area contributed by atoms with E-state index in [4.69, 9.17) is 17.3 Å². The van der Waals surface area contributed by atoms with E-state index in [9.17, 15) is 4.39 Å². The van der Waals surface area contributed by atoms with Gasteiger partial charge < -0.3 is 5.73 Å². The van der Waals surface area contributed by atoms with Crippen molar-refractivity contribution in [2.75, 3.05) is 6.54 Å². The lowest BCUT2D eigenvalue weighted by Gasteiger charge is -2.22. The Kier molecular flexibility index (Phi) is 4.34. The first-order valence-electron chi connectivity index (χ1n) is 5.50. The van der Waals surface area contributed by atoms with Crippen LogP contribution in [0, 0.1) is 18.2 Å². The highest BCUT2D eigenvalue weighted by molar-refractivity contribution is 6.30. The summed E-state index contributed by atoms with van der Waals surface area (Å²) in [6, 6.07) is 3.56. The van der Waals surface area contributed by atoms with Gasteiger partial charge in [-0.25, -0.2) is 4.39 Å². The van der Waals surface area contributed by atoms with Crippen molar-refractivity contribution in [2.24, 2.45) is 11.1 Å². The van der Waals surface area contributed by atoms with Crippen LogP contribution in [0.5, 0.6) is 0 Å². The molecule has 0 spiro atoms. The number of nitrogens with two attached hydrogens (primary N) is 1. The third kappa shape index (κ3) is 3.46. The molecule has 0 fully saturated rings. The lowest BCUT2D eigenvalue weighted by atomic mass is 9.86. The van der Waals surface area contributed by atoms with E-state index >= 15 is 0 Å². The molecule has 16 heavy (non-hydrogen) atoms. The normalized spacial score (nSPS) is 11.9. The Morgan fingerprint density at radius 1 is 1.38 bits per heavy atom. The highest BCUT2D eigenvalue weighted by atomic mass is 35.5. The van der Waals surface area contributed by atoms with Gasteiger partial charge in [-0.05, 0) is 48.9 Å². The lowest BCUT2D eigenvalue weighted by Crippen LogP contribution is -2.24. The van der Waals surface area contributed by atoms with Crippen LogP contribution < -0.4 is 5.73 Å². The van der Waals surface area contributed by atoms with Crippen LogP contribution in [0.3, 0.4) is 0 Å². The number of hydrogen-bond donors (Lipinski definition) is 1. The molecule has 1 aromatic carbocycles. The van der Waals surface area contributed by atoms with E-state index in [1.54, 1.807) is 13.0 Å². The van der Waals surface area contributed by atoms with Crippen molar-refractivity contribution in [1.29, 1.82) is 0 Å². The molecule has 0 saturated heterocycles. The molecule has 0 atom stereocenters. The van der Waals surface area contributed by atoms with Gasteiger partial charge in [0.1, 0.15) is 5.82 Å². The average molecular weight is 244 g/mol. The Morgan fingerprint density at radius 3 is 2.50 bits per heavy atom. The van der Waals surface area contributed by atoms with Crippen molar-refractivity contribution in [2.45, 2.75) is 33.6 Å². The van der Waals surface area contributed by atoms with Crippen LogP contribution in [0.25, 0.3) is 0 Å².